The SMILES string of the molecule is Cc1cccc(C)c1-c1cc(OC(CCN)c2ccc(C(C)(C)C)cc2)nc(NS(=O)c2cccc(C(=O)O)c2)n1. The highest BCUT2D eigenvalue weighted by Crippen LogP contribution is 2.32. The van der Waals surface area contributed by atoms with Crippen molar-refractivity contribution in [1.82, 2.24) is 9.97 Å². The number of nitrogens with two attached hydrogens (primary N) is 1. The molecule has 0 spiro atoms. The van der Waals surface area contributed by atoms with Crippen molar-refractivity contribution in [3.05, 3.63) is 101 Å². The van der Waals surface area contributed by atoms with Crippen LogP contribution in [0.25, 0.3) is 11.3 Å². The van der Waals surface area contributed by atoms with Gasteiger partial charge >= 0.3 is 5.97 Å². The number of nitrogens with zero attached hydrogens (tertiary/aromatic N) is 2. The molecule has 4 rings (SSSR count). The lowest BCUT2D eigenvalue weighted by atomic mass is 9.86. The van der Waals surface area contributed by atoms with Crippen molar-refractivity contribution < 1.29 is 18.8 Å². The Hall–Kier alpha value is -4.08. The molecule has 1 heterocycles. The van der Waals surface area contributed by atoms with Crippen LogP contribution in [-0.2, 0) is 16.4 Å². The molecular formula is C32H36N4O4S. The molecule has 4 N–H and O–H groups in total. The zero-order valence-electron chi connectivity index (χ0n) is 24.0. The largest absolute Gasteiger partial charge is 0.478 e. The Bertz CT molecular complexity index is 1540. The van der Waals surface area contributed by atoms with Gasteiger partial charge in [-0.25, -0.2) is 14.0 Å². The summed E-state index contributed by atoms with van der Waals surface area (Å²) in [7, 11) is -1.82. The molecule has 0 fully saturated rings. The van der Waals surface area contributed by atoms with E-state index in [0.717, 1.165) is 22.3 Å². The average molecular weight is 573 g/mol. The van der Waals surface area contributed by atoms with E-state index >= 15 is 0 Å². The minimum Gasteiger partial charge on any atom is -0.478 e. The number of carboxylic acid groups (broad SMARTS) is 1. The molecule has 0 saturated heterocycles. The van der Waals surface area contributed by atoms with Crippen molar-refractivity contribution in [2.45, 2.75) is 57.5 Å². The first-order valence-corrected chi connectivity index (χ1v) is 14.6. The maximum Gasteiger partial charge on any atom is 0.335 e. The Morgan fingerprint density at radius 1 is 1.00 bits per heavy atom. The van der Waals surface area contributed by atoms with E-state index in [1.165, 1.54) is 17.7 Å². The fourth-order valence-electron chi connectivity index (χ4n) is 4.55. The number of ether oxygens (including phenoxy) is 1. The summed E-state index contributed by atoms with van der Waals surface area (Å²) in [5.41, 5.74) is 11.8. The maximum atomic E-state index is 13.2. The van der Waals surface area contributed by atoms with Gasteiger partial charge in [0.25, 0.3) is 0 Å². The molecule has 41 heavy (non-hydrogen) atoms. The van der Waals surface area contributed by atoms with Gasteiger partial charge in [-0.05, 0) is 66.3 Å². The molecule has 0 radical (unpaired) electrons. The van der Waals surface area contributed by atoms with Gasteiger partial charge in [0.05, 0.1) is 16.2 Å². The van der Waals surface area contributed by atoms with Gasteiger partial charge in [-0.3, -0.25) is 4.72 Å². The molecule has 1 aromatic heterocycles. The summed E-state index contributed by atoms with van der Waals surface area (Å²) in [4.78, 5) is 20.9. The molecule has 0 saturated carbocycles. The minimum absolute atomic E-state index is 0.0237. The van der Waals surface area contributed by atoms with Crippen LogP contribution >= 0.6 is 0 Å². The molecule has 0 amide bonds. The Morgan fingerprint density at radius 3 is 2.27 bits per heavy atom. The molecule has 0 bridgehead atoms. The first-order valence-electron chi connectivity index (χ1n) is 13.4. The minimum atomic E-state index is -1.82. The van der Waals surface area contributed by atoms with Crippen molar-refractivity contribution >= 4 is 22.9 Å². The molecule has 4 aromatic rings. The van der Waals surface area contributed by atoms with Crippen molar-refractivity contribution in [1.29, 1.82) is 0 Å². The number of rotatable bonds is 10. The lowest BCUT2D eigenvalue weighted by Crippen LogP contribution is -2.16. The second-order valence-corrected chi connectivity index (χ2v) is 12.2. The summed E-state index contributed by atoms with van der Waals surface area (Å²) in [6.45, 7) is 10.9. The average Bonchev–Trinajstić information content (AvgIpc) is 2.92. The number of carbonyl (C=O) groups is 1. The molecule has 2 unspecified atom stereocenters. The predicted octanol–water partition coefficient (Wildman–Crippen LogP) is 6.36. The molecule has 0 aliphatic carbocycles. The highest BCUT2D eigenvalue weighted by atomic mass is 32.2. The van der Waals surface area contributed by atoms with Gasteiger partial charge in [-0.2, -0.15) is 4.98 Å². The van der Waals surface area contributed by atoms with E-state index in [0.29, 0.717) is 24.5 Å². The Balaban J connectivity index is 1.73. The lowest BCUT2D eigenvalue weighted by Gasteiger charge is -2.22. The monoisotopic (exact) mass is 572 g/mol. The van der Waals surface area contributed by atoms with E-state index in [4.69, 9.17) is 10.5 Å². The van der Waals surface area contributed by atoms with E-state index in [9.17, 15) is 14.1 Å². The number of hydrogen-bond acceptors (Lipinski definition) is 6. The Morgan fingerprint density at radius 2 is 1.66 bits per heavy atom. The Kier molecular flexibility index (Phi) is 9.20. The topological polar surface area (TPSA) is 127 Å². The first kappa shape index (κ1) is 29.9. The van der Waals surface area contributed by atoms with Crippen LogP contribution in [0.2, 0.25) is 0 Å². The summed E-state index contributed by atoms with van der Waals surface area (Å²) < 4.78 is 22.5. The standard InChI is InChI=1S/C32H36N4O4S/c1-20-8-6-9-21(2)29(20)26-19-28(40-27(16-17-33)22-12-14-24(15-13-22)32(3,4)5)35-31(34-26)36-41(39)25-11-7-10-23(18-25)30(37)38/h6-15,18-19,27H,16-17,33H2,1-5H3,(H,37,38)(H,34,35,36). The second kappa shape index (κ2) is 12.6. The summed E-state index contributed by atoms with van der Waals surface area (Å²) in [5.74, 6) is -0.710. The quantitative estimate of drug-likeness (QED) is 0.202. The van der Waals surface area contributed by atoms with Crippen LogP contribution in [0.3, 0.4) is 0 Å². The van der Waals surface area contributed by atoms with Gasteiger partial charge in [0.1, 0.15) is 6.10 Å². The summed E-state index contributed by atoms with van der Waals surface area (Å²) in [6.07, 6.45) is 0.203. The number of benzene rings is 3. The smallest absolute Gasteiger partial charge is 0.335 e. The van der Waals surface area contributed by atoms with E-state index in [-0.39, 0.29) is 27.9 Å². The van der Waals surface area contributed by atoms with E-state index < -0.39 is 17.0 Å². The highest BCUT2D eigenvalue weighted by molar-refractivity contribution is 7.86. The molecule has 0 aliphatic heterocycles. The van der Waals surface area contributed by atoms with Gasteiger partial charge in [-0.1, -0.05) is 69.3 Å². The van der Waals surface area contributed by atoms with Crippen molar-refractivity contribution in [2.24, 2.45) is 5.73 Å². The van der Waals surface area contributed by atoms with Crippen molar-refractivity contribution in [3.63, 3.8) is 0 Å². The van der Waals surface area contributed by atoms with Crippen LogP contribution in [0.1, 0.15) is 65.9 Å². The number of anilines is 1. The first-order chi connectivity index (χ1) is 19.5. The van der Waals surface area contributed by atoms with Crippen molar-refractivity contribution in [3.8, 4) is 17.1 Å². The van der Waals surface area contributed by atoms with E-state index in [1.807, 2.05) is 32.0 Å². The van der Waals surface area contributed by atoms with Crippen LogP contribution < -0.4 is 15.2 Å². The predicted molar refractivity (Wildman–Crippen MR) is 163 cm³/mol. The summed E-state index contributed by atoms with van der Waals surface area (Å²) in [5, 5.41) is 9.34. The maximum absolute atomic E-state index is 13.2. The number of hydrogen-bond donors (Lipinski definition) is 3. The van der Waals surface area contributed by atoms with Gasteiger partial charge < -0.3 is 15.6 Å². The zero-order valence-corrected chi connectivity index (χ0v) is 24.8. The summed E-state index contributed by atoms with van der Waals surface area (Å²) in [6, 6.07) is 22.0. The molecule has 8 nitrogen and oxygen atoms in total. The van der Waals surface area contributed by atoms with Crippen LogP contribution in [0.15, 0.2) is 77.7 Å². The fraction of sp³-hybridized carbons (Fsp3) is 0.281. The molecule has 9 heteroatoms. The molecule has 3 aromatic carbocycles. The highest BCUT2D eigenvalue weighted by Gasteiger charge is 2.20. The molecule has 0 aliphatic rings. The number of nitrogens with one attached hydrogen (secondary N) is 1. The van der Waals surface area contributed by atoms with E-state index in [1.54, 1.807) is 18.2 Å². The number of carboxylic acids is 1. The third kappa shape index (κ3) is 7.36. The number of aromatic nitrogens is 2. The molecular weight excluding hydrogens is 536 g/mol. The van der Waals surface area contributed by atoms with Crippen LogP contribution in [0.4, 0.5) is 5.95 Å². The van der Waals surface area contributed by atoms with Crippen LogP contribution in [-0.4, -0.2) is 31.8 Å². The number of aryl methyl sites for hydroxylation is 2. The second-order valence-electron chi connectivity index (χ2n) is 10.9. The molecule has 2 atom stereocenters. The van der Waals surface area contributed by atoms with Gasteiger partial charge in [0.2, 0.25) is 11.8 Å². The van der Waals surface area contributed by atoms with Gasteiger partial charge in [0.15, 0.2) is 11.0 Å². The fourth-order valence-corrected chi connectivity index (χ4v) is 5.36. The van der Waals surface area contributed by atoms with Crippen LogP contribution in [0.5, 0.6) is 5.88 Å². The van der Waals surface area contributed by atoms with Crippen LogP contribution in [0, 0.1) is 13.8 Å². The third-order valence-corrected chi connectivity index (χ3v) is 7.81. The lowest BCUT2D eigenvalue weighted by molar-refractivity contribution is 0.0696. The van der Waals surface area contributed by atoms with Gasteiger partial charge in [-0.15, -0.1) is 0 Å². The number of aromatic carboxylic acids is 1. The van der Waals surface area contributed by atoms with Crippen molar-refractivity contribution in [2.75, 3.05) is 11.3 Å². The van der Waals surface area contributed by atoms with E-state index in [2.05, 4.69) is 59.7 Å². The third-order valence-electron chi connectivity index (χ3n) is 6.76. The van der Waals surface area contributed by atoms with Gasteiger partial charge in [0, 0.05) is 18.1 Å². The zero-order chi connectivity index (χ0) is 29.7. The summed E-state index contributed by atoms with van der Waals surface area (Å²) >= 11 is 0. The normalized spacial score (nSPS) is 12.9. The Labute approximate surface area is 243 Å². The molecule has 214 valence electrons.